The monoisotopic (exact) mass is 991 g/mol. The molecule has 28 heteroatoms. The second-order valence-electron chi connectivity index (χ2n) is 16.4. The zero-order valence-corrected chi connectivity index (χ0v) is 39.9. The van der Waals surface area contributed by atoms with Gasteiger partial charge in [-0.25, -0.2) is 28.6 Å². The molecular formula is C36H64N7O17P3S. The van der Waals surface area contributed by atoms with Crippen LogP contribution in [0.3, 0.4) is 0 Å². The minimum absolute atomic E-state index is 0.0334. The number of hydrogen-bond donors (Lipinski definition) is 9. The average Bonchev–Trinajstić information content (AvgIpc) is 3.76. The quantitative estimate of drug-likeness (QED) is 0.0385. The number of anilines is 1. The molecule has 2 aromatic heterocycles. The fourth-order valence-corrected chi connectivity index (χ4v) is 9.98. The number of aliphatic hydroxyl groups excluding tert-OH is 2. The third-order valence-electron chi connectivity index (χ3n) is 9.93. The van der Waals surface area contributed by atoms with Crippen LogP contribution in [-0.4, -0.2) is 123 Å². The van der Waals surface area contributed by atoms with Crippen LogP contribution in [0.2, 0.25) is 0 Å². The average molecular weight is 992 g/mol. The van der Waals surface area contributed by atoms with Gasteiger partial charge in [0.15, 0.2) is 22.8 Å². The standard InChI is InChI=1S/C36H64N7O17P3S/c1-24(2)14-12-10-8-6-5-7-9-11-13-15-27(45)64-19-18-38-26(44)16-17-39-34(48)31(47)36(3,4)21-57-63(54,55)60-62(52,53)56-20-25-30(59-61(49,50)51)29(46)35(58-25)43-23-42-28-32(37)40-22-41-33(28)43/h22-25,29-31,35,46-47H,5-21H2,1-4H3,(H,38,44)(H,39,48)(H,52,53)(H,54,55)(H2,37,40,41)(H2,49,50,51). The number of amides is 2. The Balaban J connectivity index is 1.34. The van der Waals surface area contributed by atoms with Crippen LogP contribution in [0.25, 0.3) is 11.2 Å². The number of rotatable bonds is 31. The molecule has 1 fully saturated rings. The summed E-state index contributed by atoms with van der Waals surface area (Å²) < 4.78 is 62.4. The van der Waals surface area contributed by atoms with Crippen LogP contribution >= 0.6 is 35.2 Å². The molecular weight excluding hydrogens is 927 g/mol. The number of thioether (sulfide) groups is 1. The molecule has 0 saturated carbocycles. The highest BCUT2D eigenvalue weighted by Gasteiger charge is 2.50. The summed E-state index contributed by atoms with van der Waals surface area (Å²) >= 11 is 1.15. The number of fused-ring (bicyclic) bond motifs is 1. The summed E-state index contributed by atoms with van der Waals surface area (Å²) in [6.45, 7) is 5.08. The first-order valence-corrected chi connectivity index (χ1v) is 26.5. The number of nitrogen functional groups attached to an aromatic ring is 1. The Bertz CT molecular complexity index is 1960. The maximum absolute atomic E-state index is 12.7. The number of unbranched alkanes of at least 4 members (excludes halogenated alkanes) is 8. The van der Waals surface area contributed by atoms with E-state index < -0.39 is 84.6 Å². The molecule has 0 spiro atoms. The lowest BCUT2D eigenvalue weighted by Crippen LogP contribution is -2.46. The second-order valence-corrected chi connectivity index (χ2v) is 21.8. The summed E-state index contributed by atoms with van der Waals surface area (Å²) in [5.41, 5.74) is 4.29. The molecule has 24 nitrogen and oxygen atoms in total. The van der Waals surface area contributed by atoms with Crippen molar-refractivity contribution in [1.82, 2.24) is 30.2 Å². The third-order valence-corrected chi connectivity index (χ3v) is 14.0. The first-order chi connectivity index (χ1) is 29.9. The van der Waals surface area contributed by atoms with E-state index in [1.54, 1.807) is 0 Å². The Morgan fingerprint density at radius 2 is 1.53 bits per heavy atom. The van der Waals surface area contributed by atoms with Gasteiger partial charge in [-0.15, -0.1) is 0 Å². The molecule has 1 aliphatic rings. The SMILES string of the molecule is CC(C)CCCCCCCCCCCC(=O)SCCNC(=O)CCNC(=O)C(O)C(C)(C)COP(=O)(O)OP(=O)(O)OCC1OC(n2cnc3c(N)ncnc32)C(O)C1OP(=O)(O)O. The number of hydrogen-bond acceptors (Lipinski definition) is 18. The Labute approximate surface area is 376 Å². The Kier molecular flexibility index (Phi) is 22.9. The van der Waals surface area contributed by atoms with Crippen molar-refractivity contribution in [2.45, 2.75) is 135 Å². The Hall–Kier alpha value is -2.44. The number of imidazole rings is 1. The van der Waals surface area contributed by atoms with E-state index in [1.807, 2.05) is 0 Å². The van der Waals surface area contributed by atoms with Crippen molar-refractivity contribution < 1.29 is 80.5 Å². The van der Waals surface area contributed by atoms with E-state index in [1.165, 1.54) is 58.8 Å². The molecule has 0 radical (unpaired) electrons. The fourth-order valence-electron chi connectivity index (χ4n) is 6.43. The summed E-state index contributed by atoms with van der Waals surface area (Å²) in [7, 11) is -16.4. The van der Waals surface area contributed by atoms with Gasteiger partial charge in [-0.2, -0.15) is 4.31 Å². The normalized spacial score (nSPS) is 20.5. The van der Waals surface area contributed by atoms with E-state index in [-0.39, 0.29) is 41.6 Å². The fraction of sp³-hybridized carbons (Fsp3) is 0.778. The Morgan fingerprint density at radius 1 is 0.906 bits per heavy atom. The summed E-state index contributed by atoms with van der Waals surface area (Å²) in [6, 6.07) is 0. The lowest BCUT2D eigenvalue weighted by Gasteiger charge is -2.30. The predicted molar refractivity (Wildman–Crippen MR) is 233 cm³/mol. The number of nitrogens with one attached hydrogen (secondary N) is 2. The molecule has 7 unspecified atom stereocenters. The maximum Gasteiger partial charge on any atom is 0.481 e. The van der Waals surface area contributed by atoms with E-state index in [0.717, 1.165) is 54.2 Å². The number of aromatic nitrogens is 4. The van der Waals surface area contributed by atoms with E-state index in [9.17, 15) is 57.9 Å². The summed E-state index contributed by atoms with van der Waals surface area (Å²) in [6.07, 6.45) is 5.43. The highest BCUT2D eigenvalue weighted by molar-refractivity contribution is 8.13. The number of aliphatic hydroxyl groups is 2. The molecule has 1 saturated heterocycles. The molecule has 366 valence electrons. The van der Waals surface area contributed by atoms with Crippen molar-refractivity contribution in [2.24, 2.45) is 11.3 Å². The van der Waals surface area contributed by atoms with Crippen LogP contribution in [-0.2, 0) is 50.7 Å². The predicted octanol–water partition coefficient (Wildman–Crippen LogP) is 3.61. The van der Waals surface area contributed by atoms with Gasteiger partial charge in [-0.05, 0) is 12.3 Å². The van der Waals surface area contributed by atoms with Gasteiger partial charge in [-0.3, -0.25) is 32.5 Å². The molecule has 2 amide bonds. The van der Waals surface area contributed by atoms with E-state index in [2.05, 4.69) is 48.3 Å². The number of nitrogens with zero attached hydrogens (tertiary/aromatic N) is 4. The molecule has 0 aromatic carbocycles. The Morgan fingerprint density at radius 3 is 2.17 bits per heavy atom. The van der Waals surface area contributed by atoms with Crippen LogP contribution < -0.4 is 16.4 Å². The van der Waals surface area contributed by atoms with Gasteiger partial charge in [-0.1, -0.05) is 97.2 Å². The molecule has 3 rings (SSSR count). The second kappa shape index (κ2) is 26.2. The molecule has 2 aromatic rings. The lowest BCUT2D eigenvalue weighted by atomic mass is 9.87. The van der Waals surface area contributed by atoms with E-state index >= 15 is 0 Å². The largest absolute Gasteiger partial charge is 0.481 e. The van der Waals surface area contributed by atoms with Gasteiger partial charge in [0.1, 0.15) is 36.3 Å². The van der Waals surface area contributed by atoms with Crippen molar-refractivity contribution in [1.29, 1.82) is 0 Å². The first kappa shape index (κ1) is 55.9. The van der Waals surface area contributed by atoms with E-state index in [4.69, 9.17) is 19.5 Å². The maximum atomic E-state index is 12.7. The van der Waals surface area contributed by atoms with Gasteiger partial charge in [0.2, 0.25) is 11.8 Å². The zero-order chi connectivity index (χ0) is 47.7. The number of phosphoric ester groups is 3. The number of ether oxygens (including phenoxy) is 1. The third kappa shape index (κ3) is 19.8. The molecule has 0 bridgehead atoms. The van der Waals surface area contributed by atoms with Crippen LogP contribution in [0.15, 0.2) is 12.7 Å². The smallest absolute Gasteiger partial charge is 0.386 e. The van der Waals surface area contributed by atoms with Crippen LogP contribution in [0.1, 0.15) is 111 Å². The molecule has 10 N–H and O–H groups in total. The molecule has 0 aliphatic carbocycles. The van der Waals surface area contributed by atoms with Crippen molar-refractivity contribution in [2.75, 3.05) is 37.8 Å². The van der Waals surface area contributed by atoms with Crippen LogP contribution in [0, 0.1) is 11.3 Å². The van der Waals surface area contributed by atoms with Gasteiger partial charge >= 0.3 is 23.5 Å². The first-order valence-electron chi connectivity index (χ1n) is 21.0. The molecule has 64 heavy (non-hydrogen) atoms. The minimum atomic E-state index is -5.57. The van der Waals surface area contributed by atoms with Gasteiger partial charge in [0.25, 0.3) is 0 Å². The summed E-state index contributed by atoms with van der Waals surface area (Å²) in [4.78, 5) is 88.2. The van der Waals surface area contributed by atoms with Crippen LogP contribution in [0.5, 0.6) is 0 Å². The van der Waals surface area contributed by atoms with Crippen molar-refractivity contribution in [3.63, 3.8) is 0 Å². The number of carbonyl (C=O) groups excluding carboxylic acids is 3. The van der Waals surface area contributed by atoms with E-state index in [0.29, 0.717) is 12.2 Å². The van der Waals surface area contributed by atoms with Gasteiger partial charge in [0, 0.05) is 37.1 Å². The highest BCUT2D eigenvalue weighted by atomic mass is 32.2. The summed E-state index contributed by atoms with van der Waals surface area (Å²) in [5, 5.41) is 26.6. The number of carbonyl (C=O) groups is 3. The zero-order valence-electron chi connectivity index (χ0n) is 36.4. The van der Waals surface area contributed by atoms with Crippen molar-refractivity contribution >= 4 is 69.1 Å². The molecule has 1 aliphatic heterocycles. The molecule has 7 atom stereocenters. The van der Waals surface area contributed by atoms with Crippen molar-refractivity contribution in [3.05, 3.63) is 12.7 Å². The highest BCUT2D eigenvalue weighted by Crippen LogP contribution is 2.61. The lowest BCUT2D eigenvalue weighted by molar-refractivity contribution is -0.137. The van der Waals surface area contributed by atoms with Gasteiger partial charge in [0.05, 0.1) is 19.5 Å². The molecule has 3 heterocycles. The van der Waals surface area contributed by atoms with Crippen molar-refractivity contribution in [3.8, 4) is 0 Å². The van der Waals surface area contributed by atoms with Crippen LogP contribution in [0.4, 0.5) is 5.82 Å². The number of nitrogens with two attached hydrogens (primary N) is 1. The number of phosphoric acid groups is 3. The minimum Gasteiger partial charge on any atom is -0.386 e. The van der Waals surface area contributed by atoms with Gasteiger partial charge < -0.3 is 50.9 Å². The summed E-state index contributed by atoms with van der Waals surface area (Å²) in [5.74, 6) is -0.256. The topological polar surface area (TPSA) is 364 Å².